The van der Waals surface area contributed by atoms with Gasteiger partial charge in [-0.2, -0.15) is 0 Å². The highest BCUT2D eigenvalue weighted by molar-refractivity contribution is 6.30. The molecule has 7 heteroatoms. The van der Waals surface area contributed by atoms with Crippen LogP contribution in [0.25, 0.3) is 0 Å². The third-order valence-corrected chi connectivity index (χ3v) is 2.62. The van der Waals surface area contributed by atoms with E-state index < -0.39 is 4.92 Å². The predicted molar refractivity (Wildman–Crippen MR) is 64.9 cm³/mol. The van der Waals surface area contributed by atoms with Crippen LogP contribution in [0.15, 0.2) is 30.6 Å². The lowest BCUT2D eigenvalue weighted by atomic mass is 10.3. The largest absolute Gasteiger partial charge is 0.439 e. The van der Waals surface area contributed by atoms with Gasteiger partial charge in [-0.15, -0.1) is 0 Å². The summed E-state index contributed by atoms with van der Waals surface area (Å²) in [7, 11) is 0. The van der Waals surface area contributed by atoms with Gasteiger partial charge >= 0.3 is 0 Å². The number of aromatic nitrogens is 2. The Hall–Kier alpha value is -2.21. The first kappa shape index (κ1) is 12.3. The van der Waals surface area contributed by atoms with Crippen LogP contribution in [0, 0.1) is 17.0 Å². The van der Waals surface area contributed by atoms with E-state index in [2.05, 4.69) is 9.97 Å². The van der Waals surface area contributed by atoms with Crippen molar-refractivity contribution < 1.29 is 9.66 Å². The molecule has 6 nitrogen and oxygen atoms in total. The van der Waals surface area contributed by atoms with E-state index in [-0.39, 0.29) is 5.69 Å². The monoisotopic (exact) mass is 265 g/mol. The van der Waals surface area contributed by atoms with Crippen LogP contribution >= 0.6 is 11.6 Å². The SMILES string of the molecule is Cc1c(Cl)ncnc1Oc1ccc([N+](=O)[O-])cc1. The average Bonchev–Trinajstić information content (AvgIpc) is 2.36. The maximum absolute atomic E-state index is 10.5. The van der Waals surface area contributed by atoms with Crippen molar-refractivity contribution in [2.24, 2.45) is 0 Å². The first-order valence-electron chi connectivity index (χ1n) is 4.97. The molecular formula is C11H8ClN3O3. The molecule has 1 heterocycles. The van der Waals surface area contributed by atoms with E-state index in [9.17, 15) is 10.1 Å². The summed E-state index contributed by atoms with van der Waals surface area (Å²) in [4.78, 5) is 17.8. The van der Waals surface area contributed by atoms with Gasteiger partial charge in [0.1, 0.15) is 17.2 Å². The third-order valence-electron chi connectivity index (χ3n) is 2.24. The van der Waals surface area contributed by atoms with Crippen molar-refractivity contribution in [1.82, 2.24) is 9.97 Å². The van der Waals surface area contributed by atoms with Gasteiger partial charge in [0, 0.05) is 17.7 Å². The molecule has 2 aromatic rings. The molecule has 18 heavy (non-hydrogen) atoms. The second kappa shape index (κ2) is 4.97. The lowest BCUT2D eigenvalue weighted by molar-refractivity contribution is -0.384. The molecule has 1 aromatic heterocycles. The fourth-order valence-electron chi connectivity index (χ4n) is 1.26. The Bertz CT molecular complexity index is 587. The molecular weight excluding hydrogens is 258 g/mol. The Kier molecular flexibility index (Phi) is 3.38. The van der Waals surface area contributed by atoms with Crippen LogP contribution < -0.4 is 4.74 Å². The van der Waals surface area contributed by atoms with Gasteiger partial charge in [-0.1, -0.05) is 11.6 Å². The normalized spacial score (nSPS) is 10.1. The summed E-state index contributed by atoms with van der Waals surface area (Å²) < 4.78 is 5.47. The van der Waals surface area contributed by atoms with Crippen LogP contribution in [0.5, 0.6) is 11.6 Å². The third kappa shape index (κ3) is 2.54. The number of benzene rings is 1. The molecule has 0 bridgehead atoms. The minimum absolute atomic E-state index is 0.000193. The van der Waals surface area contributed by atoms with E-state index in [0.717, 1.165) is 0 Å². The Morgan fingerprint density at radius 1 is 1.28 bits per heavy atom. The fourth-order valence-corrected chi connectivity index (χ4v) is 1.39. The van der Waals surface area contributed by atoms with Gasteiger partial charge in [0.2, 0.25) is 5.88 Å². The minimum Gasteiger partial charge on any atom is -0.439 e. The summed E-state index contributed by atoms with van der Waals surface area (Å²) in [5, 5.41) is 10.8. The van der Waals surface area contributed by atoms with Gasteiger partial charge in [0.25, 0.3) is 5.69 Å². The quantitative estimate of drug-likeness (QED) is 0.484. The summed E-state index contributed by atoms with van der Waals surface area (Å²) in [6, 6.07) is 5.70. The second-order valence-electron chi connectivity index (χ2n) is 3.45. The summed E-state index contributed by atoms with van der Waals surface area (Å²) in [6.45, 7) is 1.73. The van der Waals surface area contributed by atoms with Crippen molar-refractivity contribution in [3.63, 3.8) is 0 Å². The number of ether oxygens (including phenoxy) is 1. The molecule has 0 aliphatic heterocycles. The van der Waals surface area contributed by atoms with Gasteiger partial charge in [0.05, 0.1) is 4.92 Å². The number of hydrogen-bond donors (Lipinski definition) is 0. The molecule has 0 atom stereocenters. The van der Waals surface area contributed by atoms with Crippen LogP contribution in [-0.4, -0.2) is 14.9 Å². The number of hydrogen-bond acceptors (Lipinski definition) is 5. The molecule has 1 aromatic carbocycles. The van der Waals surface area contributed by atoms with Crippen LogP contribution in [0.2, 0.25) is 5.15 Å². The van der Waals surface area contributed by atoms with Gasteiger partial charge in [0.15, 0.2) is 0 Å². The Morgan fingerprint density at radius 3 is 2.56 bits per heavy atom. The fraction of sp³-hybridized carbons (Fsp3) is 0.0909. The zero-order chi connectivity index (χ0) is 13.1. The van der Waals surface area contributed by atoms with Crippen molar-refractivity contribution in [2.75, 3.05) is 0 Å². The molecule has 0 unspecified atom stereocenters. The average molecular weight is 266 g/mol. The maximum Gasteiger partial charge on any atom is 0.269 e. The molecule has 92 valence electrons. The first-order valence-corrected chi connectivity index (χ1v) is 5.35. The van der Waals surface area contributed by atoms with Crippen molar-refractivity contribution in [1.29, 1.82) is 0 Å². The van der Waals surface area contributed by atoms with Gasteiger partial charge in [-0.05, 0) is 19.1 Å². The highest BCUT2D eigenvalue weighted by Gasteiger charge is 2.09. The number of nitro groups is 1. The molecule has 0 radical (unpaired) electrons. The molecule has 0 fully saturated rings. The zero-order valence-electron chi connectivity index (χ0n) is 9.33. The highest BCUT2D eigenvalue weighted by atomic mass is 35.5. The van der Waals surface area contributed by atoms with Gasteiger partial charge in [-0.25, -0.2) is 9.97 Å². The molecule has 0 spiro atoms. The number of nitrogens with zero attached hydrogens (tertiary/aromatic N) is 3. The number of halogens is 1. The second-order valence-corrected chi connectivity index (χ2v) is 3.81. The summed E-state index contributed by atoms with van der Waals surface area (Å²) in [6.07, 6.45) is 1.29. The summed E-state index contributed by atoms with van der Waals surface area (Å²) in [5.74, 6) is 0.766. The summed E-state index contributed by atoms with van der Waals surface area (Å²) >= 11 is 5.83. The van der Waals surface area contributed by atoms with Crippen molar-refractivity contribution >= 4 is 17.3 Å². The maximum atomic E-state index is 10.5. The number of non-ortho nitro benzene ring substituents is 1. The lowest BCUT2D eigenvalue weighted by Gasteiger charge is -2.07. The Labute approximate surface area is 107 Å². The molecule has 0 N–H and O–H groups in total. The van der Waals surface area contributed by atoms with Gasteiger partial charge < -0.3 is 4.74 Å². The predicted octanol–water partition coefficient (Wildman–Crippen LogP) is 3.14. The van der Waals surface area contributed by atoms with Crippen LogP contribution in [0.4, 0.5) is 5.69 Å². The van der Waals surface area contributed by atoms with Crippen LogP contribution in [-0.2, 0) is 0 Å². The van der Waals surface area contributed by atoms with E-state index in [0.29, 0.717) is 22.3 Å². The van der Waals surface area contributed by atoms with Crippen molar-refractivity contribution in [2.45, 2.75) is 6.92 Å². The Morgan fingerprint density at radius 2 is 1.94 bits per heavy atom. The van der Waals surface area contributed by atoms with E-state index in [1.165, 1.54) is 30.6 Å². The smallest absolute Gasteiger partial charge is 0.269 e. The molecule has 0 saturated carbocycles. The topological polar surface area (TPSA) is 78.2 Å². The zero-order valence-corrected chi connectivity index (χ0v) is 10.1. The minimum atomic E-state index is -0.476. The van der Waals surface area contributed by atoms with E-state index >= 15 is 0 Å². The first-order chi connectivity index (χ1) is 8.58. The molecule has 0 amide bonds. The molecule has 0 aliphatic carbocycles. The van der Waals surface area contributed by atoms with E-state index in [4.69, 9.17) is 16.3 Å². The number of nitro benzene ring substituents is 1. The van der Waals surface area contributed by atoms with Crippen LogP contribution in [0.1, 0.15) is 5.56 Å². The van der Waals surface area contributed by atoms with Crippen LogP contribution in [0.3, 0.4) is 0 Å². The molecule has 0 saturated heterocycles. The highest BCUT2D eigenvalue weighted by Crippen LogP contribution is 2.26. The molecule has 0 aliphatic rings. The van der Waals surface area contributed by atoms with E-state index in [1.54, 1.807) is 6.92 Å². The van der Waals surface area contributed by atoms with Gasteiger partial charge in [-0.3, -0.25) is 10.1 Å². The number of rotatable bonds is 3. The van der Waals surface area contributed by atoms with E-state index in [1.807, 2.05) is 0 Å². The van der Waals surface area contributed by atoms with Crippen molar-refractivity contribution in [3.8, 4) is 11.6 Å². The Balaban J connectivity index is 2.24. The summed E-state index contributed by atoms with van der Waals surface area (Å²) in [5.41, 5.74) is 0.609. The standard InChI is InChI=1S/C11H8ClN3O3/c1-7-10(12)13-6-14-11(7)18-9-4-2-8(3-5-9)15(16)17/h2-6H,1H3. The van der Waals surface area contributed by atoms with Crippen molar-refractivity contribution in [3.05, 3.63) is 51.4 Å². The molecule has 2 rings (SSSR count). The lowest BCUT2D eigenvalue weighted by Crippen LogP contribution is -1.94.